The lowest BCUT2D eigenvalue weighted by atomic mass is 10.3. The highest BCUT2D eigenvalue weighted by Crippen LogP contribution is 2.61. The van der Waals surface area contributed by atoms with E-state index in [0.29, 0.717) is 0 Å². The average Bonchev–Trinajstić information content (AvgIpc) is 2.45. The third kappa shape index (κ3) is 5.96. The van der Waals surface area contributed by atoms with Crippen LogP contribution in [0.3, 0.4) is 0 Å². The Morgan fingerprint density at radius 3 is 1.73 bits per heavy atom. The molecule has 0 N–H and O–H groups in total. The highest BCUT2D eigenvalue weighted by molar-refractivity contribution is 7.58. The van der Waals surface area contributed by atoms with Gasteiger partial charge in [0.05, 0.1) is 32.5 Å². The minimum absolute atomic E-state index is 0.0855. The van der Waals surface area contributed by atoms with Gasteiger partial charge in [0, 0.05) is 11.7 Å². The van der Waals surface area contributed by atoms with E-state index < -0.39 is 20.9 Å². The standard InChI is InChI=1S/C13H25NO6P2/c1-6-17-21(15,18-7-2)12(5)10-13(11-14)22(16,19-8-3)20-9-4/h13H,5-10H2,1-4H3. The van der Waals surface area contributed by atoms with Crippen LogP contribution < -0.4 is 0 Å². The molecule has 0 heterocycles. The monoisotopic (exact) mass is 353 g/mol. The Kier molecular flexibility index (Phi) is 10.1. The molecule has 0 amide bonds. The number of hydrogen-bond acceptors (Lipinski definition) is 7. The quantitative estimate of drug-likeness (QED) is 0.482. The summed E-state index contributed by atoms with van der Waals surface area (Å²) in [5, 5.41) is 9.38. The van der Waals surface area contributed by atoms with Gasteiger partial charge in [-0.05, 0) is 27.7 Å². The van der Waals surface area contributed by atoms with Crippen molar-refractivity contribution in [3.05, 3.63) is 11.9 Å². The van der Waals surface area contributed by atoms with Gasteiger partial charge in [-0.2, -0.15) is 5.26 Å². The van der Waals surface area contributed by atoms with Gasteiger partial charge in [-0.3, -0.25) is 9.13 Å². The van der Waals surface area contributed by atoms with Crippen molar-refractivity contribution in [1.29, 1.82) is 5.26 Å². The first-order valence-electron chi connectivity index (χ1n) is 7.19. The summed E-state index contributed by atoms with van der Waals surface area (Å²) in [5.74, 6) is 0. The molecular weight excluding hydrogens is 328 g/mol. The van der Waals surface area contributed by atoms with Crippen LogP contribution in [0.5, 0.6) is 0 Å². The summed E-state index contributed by atoms with van der Waals surface area (Å²) in [6.45, 7) is 10.9. The largest absolute Gasteiger partial charge is 0.356 e. The van der Waals surface area contributed by atoms with E-state index >= 15 is 0 Å². The van der Waals surface area contributed by atoms with Crippen LogP contribution in [-0.4, -0.2) is 32.1 Å². The van der Waals surface area contributed by atoms with Crippen molar-refractivity contribution in [2.24, 2.45) is 0 Å². The van der Waals surface area contributed by atoms with Gasteiger partial charge in [0.1, 0.15) is 0 Å². The first-order chi connectivity index (χ1) is 10.3. The Morgan fingerprint density at radius 1 is 1.00 bits per heavy atom. The first kappa shape index (κ1) is 21.5. The fourth-order valence-corrected chi connectivity index (χ4v) is 5.11. The molecule has 0 aromatic rings. The van der Waals surface area contributed by atoms with E-state index in [1.54, 1.807) is 27.7 Å². The fraction of sp³-hybridized carbons (Fsp3) is 0.769. The summed E-state index contributed by atoms with van der Waals surface area (Å²) in [6, 6.07) is 1.89. The van der Waals surface area contributed by atoms with Crippen LogP contribution in [0.15, 0.2) is 11.9 Å². The normalized spacial score (nSPS) is 13.6. The van der Waals surface area contributed by atoms with Crippen molar-refractivity contribution in [3.8, 4) is 6.07 Å². The van der Waals surface area contributed by atoms with Crippen molar-refractivity contribution in [2.75, 3.05) is 26.4 Å². The molecule has 0 saturated carbocycles. The third-order valence-electron chi connectivity index (χ3n) is 2.56. The lowest BCUT2D eigenvalue weighted by Crippen LogP contribution is -2.13. The van der Waals surface area contributed by atoms with Crippen molar-refractivity contribution >= 4 is 15.2 Å². The second kappa shape index (κ2) is 10.3. The van der Waals surface area contributed by atoms with E-state index in [2.05, 4.69) is 6.58 Å². The summed E-state index contributed by atoms with van der Waals surface area (Å²) in [4.78, 5) is 0. The minimum atomic E-state index is -3.64. The molecule has 0 aliphatic carbocycles. The number of allylic oxidation sites excluding steroid dienone is 1. The van der Waals surface area contributed by atoms with E-state index in [0.717, 1.165) is 0 Å². The van der Waals surface area contributed by atoms with E-state index in [9.17, 15) is 14.4 Å². The number of nitriles is 1. The molecule has 0 rings (SSSR count). The molecule has 128 valence electrons. The van der Waals surface area contributed by atoms with Gasteiger partial charge < -0.3 is 18.1 Å². The lowest BCUT2D eigenvalue weighted by Gasteiger charge is -2.24. The second-order valence-corrected chi connectivity index (χ2v) is 8.49. The molecule has 0 spiro atoms. The summed E-state index contributed by atoms with van der Waals surface area (Å²) in [5.41, 5.74) is -1.12. The lowest BCUT2D eigenvalue weighted by molar-refractivity contribution is 0.215. The molecule has 0 radical (unpaired) electrons. The van der Waals surface area contributed by atoms with E-state index in [-0.39, 0.29) is 38.2 Å². The van der Waals surface area contributed by atoms with E-state index in [1.165, 1.54) is 0 Å². The van der Waals surface area contributed by atoms with Crippen molar-refractivity contribution in [3.63, 3.8) is 0 Å². The summed E-state index contributed by atoms with van der Waals surface area (Å²) < 4.78 is 45.9. The Hall–Kier alpha value is -0.470. The van der Waals surface area contributed by atoms with Crippen molar-refractivity contribution in [2.45, 2.75) is 39.8 Å². The summed E-state index contributed by atoms with van der Waals surface area (Å²) >= 11 is 0. The second-order valence-electron chi connectivity index (χ2n) is 4.12. The van der Waals surface area contributed by atoms with Gasteiger partial charge >= 0.3 is 15.2 Å². The molecule has 7 nitrogen and oxygen atoms in total. The molecule has 0 fully saturated rings. The van der Waals surface area contributed by atoms with Crippen LogP contribution in [0, 0.1) is 11.3 Å². The molecule has 22 heavy (non-hydrogen) atoms. The maximum atomic E-state index is 12.6. The van der Waals surface area contributed by atoms with Crippen LogP contribution in [0.25, 0.3) is 0 Å². The molecule has 1 atom stereocenters. The van der Waals surface area contributed by atoms with Gasteiger partial charge in [-0.15, -0.1) is 0 Å². The highest BCUT2D eigenvalue weighted by Gasteiger charge is 2.40. The predicted molar refractivity (Wildman–Crippen MR) is 84.9 cm³/mol. The molecular formula is C13H25NO6P2. The molecule has 0 aromatic carbocycles. The summed E-state index contributed by atoms with van der Waals surface area (Å²) in [7, 11) is -7.21. The molecule has 0 aliphatic heterocycles. The predicted octanol–water partition coefficient (Wildman–Crippen LogP) is 4.31. The Balaban J connectivity index is 5.28. The molecule has 0 aliphatic rings. The first-order valence-corrected chi connectivity index (χ1v) is 10.3. The van der Waals surface area contributed by atoms with Crippen LogP contribution >= 0.6 is 15.2 Å². The van der Waals surface area contributed by atoms with Gasteiger partial charge in [0.2, 0.25) is 0 Å². The Morgan fingerprint density at radius 2 is 1.41 bits per heavy atom. The zero-order chi connectivity index (χ0) is 17.2. The van der Waals surface area contributed by atoms with Crippen LogP contribution in [0.1, 0.15) is 34.1 Å². The summed E-state index contributed by atoms with van der Waals surface area (Å²) in [6.07, 6.45) is -0.148. The van der Waals surface area contributed by atoms with Gasteiger partial charge in [-0.1, -0.05) is 6.58 Å². The number of rotatable bonds is 12. The molecule has 9 heteroatoms. The molecule has 0 bridgehead atoms. The van der Waals surface area contributed by atoms with Crippen molar-refractivity contribution in [1.82, 2.24) is 0 Å². The highest BCUT2D eigenvalue weighted by atomic mass is 31.2. The van der Waals surface area contributed by atoms with E-state index in [4.69, 9.17) is 18.1 Å². The van der Waals surface area contributed by atoms with E-state index in [1.807, 2.05) is 6.07 Å². The Bertz CT molecular complexity index is 467. The van der Waals surface area contributed by atoms with Crippen LogP contribution in [-0.2, 0) is 27.2 Å². The molecule has 0 aromatic heterocycles. The topological polar surface area (TPSA) is 94.9 Å². The molecule has 0 saturated heterocycles. The SMILES string of the molecule is C=C(CC(C#N)P(=O)(OCC)OCC)P(=O)(OCC)OCC. The number of hydrogen-bond donors (Lipinski definition) is 0. The maximum Gasteiger partial charge on any atom is 0.356 e. The van der Waals surface area contributed by atoms with Gasteiger partial charge in [0.15, 0.2) is 5.66 Å². The maximum absolute atomic E-state index is 12.6. The Labute approximate surface area is 132 Å². The zero-order valence-electron chi connectivity index (χ0n) is 13.6. The van der Waals surface area contributed by atoms with Gasteiger partial charge in [-0.25, -0.2) is 0 Å². The fourth-order valence-electron chi connectivity index (χ4n) is 1.70. The average molecular weight is 353 g/mol. The van der Waals surface area contributed by atoms with Crippen LogP contribution in [0.2, 0.25) is 0 Å². The third-order valence-corrected chi connectivity index (χ3v) is 7.01. The zero-order valence-corrected chi connectivity index (χ0v) is 15.4. The van der Waals surface area contributed by atoms with Crippen molar-refractivity contribution < 1.29 is 27.2 Å². The smallest absolute Gasteiger partial charge is 0.308 e. The van der Waals surface area contributed by atoms with Crippen LogP contribution in [0.4, 0.5) is 0 Å². The molecule has 1 unspecified atom stereocenters. The number of nitrogens with zero attached hydrogens (tertiary/aromatic N) is 1. The minimum Gasteiger partial charge on any atom is -0.308 e. The van der Waals surface area contributed by atoms with Gasteiger partial charge in [0.25, 0.3) is 0 Å².